The van der Waals surface area contributed by atoms with E-state index in [-0.39, 0.29) is 11.8 Å². The summed E-state index contributed by atoms with van der Waals surface area (Å²) < 4.78 is 0. The second kappa shape index (κ2) is 9.30. The van der Waals surface area contributed by atoms with Gasteiger partial charge in [-0.1, -0.05) is 47.7 Å². The van der Waals surface area contributed by atoms with Crippen LogP contribution in [0.4, 0.5) is 11.5 Å². The van der Waals surface area contributed by atoms with Crippen LogP contribution in [-0.2, 0) is 4.79 Å². The predicted octanol–water partition coefficient (Wildman–Crippen LogP) is 5.10. The third-order valence-corrected chi connectivity index (χ3v) is 6.37. The van der Waals surface area contributed by atoms with E-state index in [4.69, 9.17) is 0 Å². The van der Waals surface area contributed by atoms with Gasteiger partial charge in [0.2, 0.25) is 5.91 Å². The van der Waals surface area contributed by atoms with Crippen LogP contribution in [0.15, 0.2) is 70.8 Å². The smallest absolute Gasteiger partial charge is 0.229 e. The zero-order chi connectivity index (χ0) is 20.9. The highest BCUT2D eigenvalue weighted by Crippen LogP contribution is 2.34. The molecule has 0 saturated carbocycles. The topological polar surface area (TPSA) is 58.1 Å². The van der Waals surface area contributed by atoms with Gasteiger partial charge in [-0.25, -0.2) is 9.97 Å². The molecule has 0 bridgehead atoms. The summed E-state index contributed by atoms with van der Waals surface area (Å²) in [6, 6.07) is 16.3. The maximum atomic E-state index is 12.9. The Morgan fingerprint density at radius 1 is 1.07 bits per heavy atom. The van der Waals surface area contributed by atoms with Crippen molar-refractivity contribution in [2.45, 2.75) is 36.6 Å². The van der Waals surface area contributed by atoms with E-state index in [1.54, 1.807) is 24.2 Å². The number of carbonyl (C=O) groups is 1. The summed E-state index contributed by atoms with van der Waals surface area (Å²) in [5.74, 6) is 0.861. The highest BCUT2D eigenvalue weighted by Gasteiger charge is 2.28. The Hall–Kier alpha value is -2.86. The van der Waals surface area contributed by atoms with E-state index in [0.29, 0.717) is 6.54 Å². The molecule has 1 saturated heterocycles. The Morgan fingerprint density at radius 3 is 2.63 bits per heavy atom. The molecule has 1 atom stereocenters. The quantitative estimate of drug-likeness (QED) is 0.625. The fourth-order valence-electron chi connectivity index (χ4n) is 3.66. The number of anilines is 2. The molecule has 1 aromatic heterocycles. The number of benzene rings is 2. The lowest BCUT2D eigenvalue weighted by Gasteiger charge is -2.33. The lowest BCUT2D eigenvalue weighted by molar-refractivity contribution is -0.120. The molecule has 5 nitrogen and oxygen atoms in total. The van der Waals surface area contributed by atoms with Crippen molar-refractivity contribution < 1.29 is 4.79 Å². The summed E-state index contributed by atoms with van der Waals surface area (Å²) in [7, 11) is 0. The molecule has 6 heteroatoms. The predicted molar refractivity (Wildman–Crippen MR) is 122 cm³/mol. The summed E-state index contributed by atoms with van der Waals surface area (Å²) >= 11 is 1.61. The number of aromatic nitrogens is 2. The van der Waals surface area contributed by atoms with E-state index < -0.39 is 0 Å². The molecule has 30 heavy (non-hydrogen) atoms. The summed E-state index contributed by atoms with van der Waals surface area (Å²) in [5.41, 5.74) is 3.19. The summed E-state index contributed by atoms with van der Waals surface area (Å²) in [4.78, 5) is 25.5. The molecule has 1 aliphatic heterocycles. The number of hydrogen-bond acceptors (Lipinski definition) is 5. The highest BCUT2D eigenvalue weighted by atomic mass is 32.2. The van der Waals surface area contributed by atoms with Gasteiger partial charge in [-0.15, -0.1) is 0 Å². The first-order valence-electron chi connectivity index (χ1n) is 10.3. The number of piperidine rings is 1. The molecule has 1 aliphatic rings. The van der Waals surface area contributed by atoms with Crippen molar-refractivity contribution >= 4 is 29.2 Å². The van der Waals surface area contributed by atoms with E-state index in [1.807, 2.05) is 31.2 Å². The van der Waals surface area contributed by atoms with Crippen LogP contribution in [0, 0.1) is 19.8 Å². The number of hydrogen-bond donors (Lipinski definition) is 1. The van der Waals surface area contributed by atoms with E-state index in [9.17, 15) is 4.79 Å². The van der Waals surface area contributed by atoms with Crippen molar-refractivity contribution in [3.05, 3.63) is 72.1 Å². The largest absolute Gasteiger partial charge is 0.354 e. The zero-order valence-corrected chi connectivity index (χ0v) is 18.2. The van der Waals surface area contributed by atoms with Gasteiger partial charge in [-0.2, -0.15) is 0 Å². The maximum Gasteiger partial charge on any atom is 0.229 e. The second-order valence-corrected chi connectivity index (χ2v) is 8.75. The summed E-state index contributed by atoms with van der Waals surface area (Å²) in [6.45, 7) is 5.63. The number of nitrogens with one attached hydrogen (secondary N) is 1. The fraction of sp³-hybridized carbons (Fsp3) is 0.292. The van der Waals surface area contributed by atoms with Crippen molar-refractivity contribution in [2.24, 2.45) is 5.92 Å². The number of para-hydroxylation sites is 1. The van der Waals surface area contributed by atoms with Crippen LogP contribution in [0.25, 0.3) is 0 Å². The summed E-state index contributed by atoms with van der Waals surface area (Å²) in [6.07, 6.45) is 5.30. The molecule has 1 amide bonds. The van der Waals surface area contributed by atoms with Gasteiger partial charge >= 0.3 is 0 Å². The Labute approximate surface area is 181 Å². The standard InChI is InChI=1S/C24H26N4OS/c1-17-9-11-20(12-10-17)30-24-22(25-13-14-26-24)28-15-5-7-19(16-28)23(29)27-21-8-4-3-6-18(21)2/h3-4,6,8-14,19H,5,7,15-16H2,1-2H3,(H,27,29). The lowest BCUT2D eigenvalue weighted by Crippen LogP contribution is -2.41. The monoisotopic (exact) mass is 418 g/mol. The second-order valence-electron chi connectivity index (χ2n) is 7.69. The molecule has 0 aliphatic carbocycles. The number of rotatable bonds is 5. The van der Waals surface area contributed by atoms with E-state index in [2.05, 4.69) is 51.4 Å². The van der Waals surface area contributed by atoms with Crippen LogP contribution < -0.4 is 10.2 Å². The van der Waals surface area contributed by atoms with Crippen LogP contribution in [-0.4, -0.2) is 29.0 Å². The molecule has 1 fully saturated rings. The molecule has 154 valence electrons. The number of nitrogens with zero attached hydrogens (tertiary/aromatic N) is 3. The van der Waals surface area contributed by atoms with Crippen LogP contribution in [0.2, 0.25) is 0 Å². The number of amides is 1. The zero-order valence-electron chi connectivity index (χ0n) is 17.3. The Kier molecular flexibility index (Phi) is 6.33. The van der Waals surface area contributed by atoms with Gasteiger partial charge in [0, 0.05) is 36.1 Å². The molecule has 2 heterocycles. The Bertz CT molecular complexity index is 1020. The van der Waals surface area contributed by atoms with Crippen molar-refractivity contribution in [3.8, 4) is 0 Å². The first-order chi connectivity index (χ1) is 14.6. The van der Waals surface area contributed by atoms with E-state index >= 15 is 0 Å². The number of aryl methyl sites for hydroxylation is 2. The van der Waals surface area contributed by atoms with Crippen molar-refractivity contribution in [2.75, 3.05) is 23.3 Å². The summed E-state index contributed by atoms with van der Waals surface area (Å²) in [5, 5.41) is 3.98. The average Bonchev–Trinajstić information content (AvgIpc) is 2.77. The molecule has 4 rings (SSSR count). The molecule has 0 spiro atoms. The first-order valence-corrected chi connectivity index (χ1v) is 11.1. The van der Waals surface area contributed by atoms with E-state index in [0.717, 1.165) is 46.4 Å². The van der Waals surface area contributed by atoms with Crippen molar-refractivity contribution in [1.82, 2.24) is 9.97 Å². The van der Waals surface area contributed by atoms with Gasteiger partial charge < -0.3 is 10.2 Å². The molecular formula is C24H26N4OS. The van der Waals surface area contributed by atoms with Gasteiger partial charge in [-0.3, -0.25) is 4.79 Å². The molecular weight excluding hydrogens is 392 g/mol. The Balaban J connectivity index is 1.49. The molecule has 1 unspecified atom stereocenters. The van der Waals surface area contributed by atoms with Crippen LogP contribution in [0.1, 0.15) is 24.0 Å². The first kappa shape index (κ1) is 20.4. The average molecular weight is 419 g/mol. The van der Waals surface area contributed by atoms with Gasteiger partial charge in [-0.05, 0) is 50.5 Å². The highest BCUT2D eigenvalue weighted by molar-refractivity contribution is 7.99. The van der Waals surface area contributed by atoms with Crippen molar-refractivity contribution in [1.29, 1.82) is 0 Å². The van der Waals surface area contributed by atoms with Gasteiger partial charge in [0.15, 0.2) is 5.82 Å². The minimum atomic E-state index is -0.0717. The molecule has 3 aromatic rings. The SMILES string of the molecule is Cc1ccc(Sc2nccnc2N2CCCC(C(=O)Nc3ccccc3C)C2)cc1. The van der Waals surface area contributed by atoms with Gasteiger partial charge in [0.1, 0.15) is 5.03 Å². The lowest BCUT2D eigenvalue weighted by atomic mass is 9.97. The van der Waals surface area contributed by atoms with Crippen LogP contribution in [0.5, 0.6) is 0 Å². The van der Waals surface area contributed by atoms with Crippen LogP contribution >= 0.6 is 11.8 Å². The molecule has 0 radical (unpaired) electrons. The molecule has 1 N–H and O–H groups in total. The fourth-order valence-corrected chi connectivity index (χ4v) is 4.54. The van der Waals surface area contributed by atoms with Gasteiger partial charge in [0.05, 0.1) is 5.92 Å². The third-order valence-electron chi connectivity index (χ3n) is 5.38. The normalized spacial score (nSPS) is 16.3. The van der Waals surface area contributed by atoms with Crippen LogP contribution in [0.3, 0.4) is 0 Å². The third kappa shape index (κ3) is 4.82. The number of carbonyl (C=O) groups excluding carboxylic acids is 1. The Morgan fingerprint density at radius 2 is 1.83 bits per heavy atom. The van der Waals surface area contributed by atoms with Crippen molar-refractivity contribution in [3.63, 3.8) is 0 Å². The maximum absolute atomic E-state index is 12.9. The van der Waals surface area contributed by atoms with Gasteiger partial charge in [0.25, 0.3) is 0 Å². The minimum Gasteiger partial charge on any atom is -0.354 e. The molecule has 2 aromatic carbocycles. The minimum absolute atomic E-state index is 0.0717. The van der Waals surface area contributed by atoms with E-state index in [1.165, 1.54) is 5.56 Å².